The molecule has 0 saturated heterocycles. The number of nitrogens with zero attached hydrogens (tertiary/aromatic N) is 1. The van der Waals surface area contributed by atoms with E-state index in [0.29, 0.717) is 6.61 Å². The molecule has 0 amide bonds. The number of anilines is 1. The summed E-state index contributed by atoms with van der Waals surface area (Å²) in [7, 11) is 1.45. The van der Waals surface area contributed by atoms with E-state index in [4.69, 9.17) is 16.3 Å². The highest BCUT2D eigenvalue weighted by Crippen LogP contribution is 2.55. The fraction of sp³-hybridized carbons (Fsp3) is 0.400. The van der Waals surface area contributed by atoms with E-state index in [9.17, 15) is 0 Å². The molecule has 0 N–H and O–H groups in total. The number of halogens is 1. The smallest absolute Gasteiger partial charge is 0.163 e. The van der Waals surface area contributed by atoms with Gasteiger partial charge in [0.15, 0.2) is 6.42 Å². The van der Waals surface area contributed by atoms with E-state index in [2.05, 4.69) is 21.7 Å². The summed E-state index contributed by atoms with van der Waals surface area (Å²) in [6.45, 7) is 4.80. The fourth-order valence-electron chi connectivity index (χ4n) is 1.17. The van der Waals surface area contributed by atoms with Gasteiger partial charge in [-0.1, -0.05) is 25.1 Å². The van der Waals surface area contributed by atoms with Crippen molar-refractivity contribution in [3.63, 3.8) is 0 Å². The summed E-state index contributed by atoms with van der Waals surface area (Å²) in [4.78, 5) is 0. The molecule has 90 valence electrons. The maximum Gasteiger partial charge on any atom is 0.163 e. The molecule has 0 aromatic heterocycles. The summed E-state index contributed by atoms with van der Waals surface area (Å²) >= 11 is 8.98. The van der Waals surface area contributed by atoms with Crippen molar-refractivity contribution in [1.29, 1.82) is 0 Å². The zero-order valence-corrected chi connectivity index (χ0v) is 13.4. The third kappa shape index (κ3) is 4.04. The van der Waals surface area contributed by atoms with E-state index in [1.165, 1.54) is 10.4 Å². The summed E-state index contributed by atoms with van der Waals surface area (Å²) in [6.07, 6.45) is -0.970. The van der Waals surface area contributed by atoms with Crippen LogP contribution in [0.4, 0.5) is 5.69 Å². The Balaban J connectivity index is 2.86. The van der Waals surface area contributed by atoms with E-state index in [0.717, 1.165) is 12.1 Å². The average Bonchev–Trinajstić information content (AvgIpc) is 2.28. The molecule has 1 aromatic rings. The normalized spacial score (nSPS) is 14.4. The molecule has 2 nitrogen and oxygen atoms in total. The Kier molecular flexibility index (Phi) is 6.37. The molecule has 0 saturated carbocycles. The maximum atomic E-state index is 5.79. The second-order valence-corrected chi connectivity index (χ2v) is 9.25. The first-order valence-corrected chi connectivity index (χ1v) is 10.7. The second kappa shape index (κ2) is 7.02. The number of hydrogen-bond acceptors (Lipinski definition) is 3. The van der Waals surface area contributed by atoms with E-state index in [-0.39, 0.29) is 0 Å². The Labute approximate surface area is 114 Å². The van der Waals surface area contributed by atoms with Crippen LogP contribution < -0.4 is 4.08 Å². The Morgan fingerprint density at radius 3 is 2.56 bits per heavy atom. The van der Waals surface area contributed by atoms with Crippen LogP contribution in [0.15, 0.2) is 30.3 Å². The van der Waals surface area contributed by atoms with Gasteiger partial charge in [0.2, 0.25) is 0 Å². The molecule has 1 unspecified atom stereocenters. The number of rotatable bonds is 6. The van der Waals surface area contributed by atoms with Crippen molar-refractivity contribution in [3.05, 3.63) is 30.3 Å². The minimum atomic E-state index is -1.96. The zero-order valence-electron chi connectivity index (χ0n) is 9.30. The van der Waals surface area contributed by atoms with E-state index in [1.807, 2.05) is 41.1 Å². The Morgan fingerprint density at radius 1 is 1.44 bits per heavy atom. The highest BCUT2D eigenvalue weighted by atomic mass is 79.9. The lowest BCUT2D eigenvalue weighted by molar-refractivity contribution is 0.353. The molecular weight excluding hydrogens is 325 g/mol. The lowest BCUT2D eigenvalue weighted by Crippen LogP contribution is -2.10. The van der Waals surface area contributed by atoms with Crippen molar-refractivity contribution in [2.45, 2.75) is 13.3 Å². The van der Waals surface area contributed by atoms with Crippen LogP contribution in [-0.4, -0.2) is 13.3 Å². The molecule has 0 bridgehead atoms. The van der Waals surface area contributed by atoms with Crippen molar-refractivity contribution in [1.82, 2.24) is 0 Å². The minimum Gasteiger partial charge on any atom is -0.333 e. The van der Waals surface area contributed by atoms with Crippen molar-refractivity contribution in [2.75, 3.05) is 17.3 Å². The molecule has 0 aliphatic rings. The summed E-state index contributed by atoms with van der Waals surface area (Å²) in [5.74, 6) is 0. The van der Waals surface area contributed by atoms with Gasteiger partial charge in [0.1, 0.15) is 0 Å². The lowest BCUT2D eigenvalue weighted by Gasteiger charge is -2.30. The first-order valence-electron chi connectivity index (χ1n) is 4.98. The molecule has 1 rings (SSSR count). The van der Waals surface area contributed by atoms with Gasteiger partial charge in [-0.05, 0) is 30.4 Å². The first kappa shape index (κ1) is 14.5. The van der Waals surface area contributed by atoms with Gasteiger partial charge in [-0.25, -0.2) is 0 Å². The predicted octanol–water partition coefficient (Wildman–Crippen LogP) is 4.82. The lowest BCUT2D eigenvalue weighted by atomic mass is 10.3. The van der Waals surface area contributed by atoms with E-state index < -0.39 is 6.42 Å². The van der Waals surface area contributed by atoms with Crippen LogP contribution >= 0.6 is 31.6 Å². The molecule has 6 heteroatoms. The van der Waals surface area contributed by atoms with E-state index in [1.54, 1.807) is 0 Å². The summed E-state index contributed by atoms with van der Waals surface area (Å²) in [5.41, 5.74) is 1.08. The number of para-hydroxylation sites is 1. The van der Waals surface area contributed by atoms with Crippen LogP contribution in [0.3, 0.4) is 0 Å². The summed E-state index contributed by atoms with van der Waals surface area (Å²) in [6, 6.07) is 10.1. The molecule has 0 fully saturated rings. The van der Waals surface area contributed by atoms with Crippen molar-refractivity contribution >= 4 is 49.1 Å². The molecule has 0 spiro atoms. The van der Waals surface area contributed by atoms with Crippen LogP contribution in [-0.2, 0) is 16.3 Å². The molecule has 1 atom stereocenters. The van der Waals surface area contributed by atoms with Crippen molar-refractivity contribution in [3.8, 4) is 0 Å². The van der Waals surface area contributed by atoms with Gasteiger partial charge in [-0.2, -0.15) is 0 Å². The quantitative estimate of drug-likeness (QED) is 0.544. The molecular formula is C10H15BrNOPS2. The standard InChI is InChI=1S/C10H15BrNOPS2/c1-3-9-13-14(2,15)12(16-11)10-7-5-4-6-8-10/h4-8H,3,9H2,1-2H3. The average molecular weight is 340 g/mol. The third-order valence-electron chi connectivity index (χ3n) is 1.91. The van der Waals surface area contributed by atoms with Gasteiger partial charge >= 0.3 is 0 Å². The topological polar surface area (TPSA) is 12.5 Å². The van der Waals surface area contributed by atoms with Gasteiger partial charge in [-0.15, -0.1) is 0 Å². The zero-order chi connectivity index (χ0) is 12.0. The van der Waals surface area contributed by atoms with Crippen LogP contribution in [0.1, 0.15) is 13.3 Å². The Morgan fingerprint density at radius 2 is 2.06 bits per heavy atom. The van der Waals surface area contributed by atoms with Crippen LogP contribution in [0.5, 0.6) is 0 Å². The van der Waals surface area contributed by atoms with Crippen molar-refractivity contribution < 1.29 is 4.52 Å². The fourth-order valence-corrected chi connectivity index (χ4v) is 7.45. The van der Waals surface area contributed by atoms with Gasteiger partial charge in [0.25, 0.3) is 0 Å². The molecule has 0 aliphatic heterocycles. The molecule has 0 aliphatic carbocycles. The maximum absolute atomic E-state index is 5.79. The van der Waals surface area contributed by atoms with E-state index >= 15 is 0 Å². The van der Waals surface area contributed by atoms with Gasteiger partial charge in [0.05, 0.1) is 12.3 Å². The van der Waals surface area contributed by atoms with Gasteiger partial charge in [0, 0.05) is 31.9 Å². The largest absolute Gasteiger partial charge is 0.333 e. The third-order valence-corrected chi connectivity index (χ3v) is 7.64. The second-order valence-electron chi connectivity index (χ2n) is 3.31. The van der Waals surface area contributed by atoms with Gasteiger partial charge in [-0.3, -0.25) is 4.08 Å². The molecule has 0 radical (unpaired) electrons. The highest BCUT2D eigenvalue weighted by molar-refractivity contribution is 9.50. The predicted molar refractivity (Wildman–Crippen MR) is 81.9 cm³/mol. The number of hydrogen-bond donors (Lipinski definition) is 0. The summed E-state index contributed by atoms with van der Waals surface area (Å²) < 4.78 is 7.83. The minimum absolute atomic E-state index is 0.713. The van der Waals surface area contributed by atoms with Crippen LogP contribution in [0.2, 0.25) is 0 Å². The molecule has 0 heterocycles. The molecule has 1 aromatic carbocycles. The SMILES string of the molecule is CCCOP(C)(=S)N(SBr)c1ccccc1. The first-order chi connectivity index (χ1) is 7.61. The van der Waals surface area contributed by atoms with Gasteiger partial charge < -0.3 is 4.52 Å². The Hall–Kier alpha value is 0.460. The molecule has 16 heavy (non-hydrogen) atoms. The van der Waals surface area contributed by atoms with Crippen LogP contribution in [0, 0.1) is 0 Å². The number of benzene rings is 1. The van der Waals surface area contributed by atoms with Crippen LogP contribution in [0.25, 0.3) is 0 Å². The summed E-state index contributed by atoms with van der Waals surface area (Å²) in [5, 5.41) is 0. The van der Waals surface area contributed by atoms with Crippen molar-refractivity contribution in [2.24, 2.45) is 0 Å². The monoisotopic (exact) mass is 339 g/mol. The highest BCUT2D eigenvalue weighted by Gasteiger charge is 2.22. The Bertz CT molecular complexity index is 363.